The highest BCUT2D eigenvalue weighted by Gasteiger charge is 2.30. The number of aromatic hydroxyl groups is 1. The molecule has 0 saturated carbocycles. The van der Waals surface area contributed by atoms with Gasteiger partial charge >= 0.3 is 5.97 Å². The molecule has 4 heteroatoms. The van der Waals surface area contributed by atoms with Crippen molar-refractivity contribution in [2.24, 2.45) is 5.92 Å². The molecule has 2 aromatic carbocycles. The van der Waals surface area contributed by atoms with Crippen LogP contribution in [0.15, 0.2) is 30.3 Å². The molecule has 1 unspecified atom stereocenters. The number of phenols is 1. The predicted molar refractivity (Wildman–Crippen MR) is 95.3 cm³/mol. The number of piperidine rings is 1. The first kappa shape index (κ1) is 16.8. The van der Waals surface area contributed by atoms with Crippen LogP contribution in [0.5, 0.6) is 5.75 Å². The molecule has 0 aromatic heterocycles. The maximum atomic E-state index is 11.2. The number of hydrogen-bond acceptors (Lipinski definition) is 3. The number of carboxylic acids is 1. The molecule has 0 amide bonds. The molecule has 1 heterocycles. The molecule has 1 aliphatic rings. The average molecular weight is 327 g/mol. The first-order chi connectivity index (χ1) is 11.5. The minimum atomic E-state index is -0.689. The number of aryl methyl sites for hydroxylation is 1. The average Bonchev–Trinajstić information content (AvgIpc) is 2.58. The van der Waals surface area contributed by atoms with Gasteiger partial charge in [-0.1, -0.05) is 31.2 Å². The SMILES string of the molecule is CCC(c1c(O)cc(C)c2ccccc12)N1CCC(C(=O)O)CC1. The summed E-state index contributed by atoms with van der Waals surface area (Å²) in [5.74, 6) is -0.577. The van der Waals surface area contributed by atoms with E-state index in [1.807, 2.05) is 25.1 Å². The summed E-state index contributed by atoms with van der Waals surface area (Å²) >= 11 is 0. The van der Waals surface area contributed by atoms with Gasteiger partial charge in [0.2, 0.25) is 0 Å². The number of carboxylic acid groups (broad SMARTS) is 1. The van der Waals surface area contributed by atoms with Crippen molar-refractivity contribution in [1.29, 1.82) is 0 Å². The molecule has 128 valence electrons. The van der Waals surface area contributed by atoms with Gasteiger partial charge in [-0.2, -0.15) is 0 Å². The normalized spacial score (nSPS) is 17.9. The first-order valence-electron chi connectivity index (χ1n) is 8.71. The Morgan fingerprint density at radius 2 is 1.88 bits per heavy atom. The molecule has 1 atom stereocenters. The zero-order chi connectivity index (χ0) is 17.3. The Bertz CT molecular complexity index is 748. The van der Waals surface area contributed by atoms with Crippen LogP contribution in [-0.4, -0.2) is 34.2 Å². The van der Waals surface area contributed by atoms with E-state index in [9.17, 15) is 15.0 Å². The van der Waals surface area contributed by atoms with Gasteiger partial charge < -0.3 is 10.2 Å². The molecule has 1 fully saturated rings. The fraction of sp³-hybridized carbons (Fsp3) is 0.450. The number of hydrogen-bond donors (Lipinski definition) is 2. The van der Waals surface area contributed by atoms with Crippen LogP contribution in [0.25, 0.3) is 10.8 Å². The van der Waals surface area contributed by atoms with Crippen molar-refractivity contribution in [3.63, 3.8) is 0 Å². The number of rotatable bonds is 4. The highest BCUT2D eigenvalue weighted by Crippen LogP contribution is 2.40. The zero-order valence-corrected chi connectivity index (χ0v) is 14.3. The fourth-order valence-corrected chi connectivity index (χ4v) is 4.01. The Hall–Kier alpha value is -2.07. The molecule has 1 saturated heterocycles. The van der Waals surface area contributed by atoms with Crippen molar-refractivity contribution >= 4 is 16.7 Å². The van der Waals surface area contributed by atoms with E-state index in [2.05, 4.69) is 24.0 Å². The summed E-state index contributed by atoms with van der Waals surface area (Å²) < 4.78 is 0. The van der Waals surface area contributed by atoms with Gasteiger partial charge in [-0.25, -0.2) is 0 Å². The quantitative estimate of drug-likeness (QED) is 0.887. The van der Waals surface area contributed by atoms with E-state index in [4.69, 9.17) is 0 Å². The molecule has 24 heavy (non-hydrogen) atoms. The Balaban J connectivity index is 1.97. The number of nitrogens with zero attached hydrogens (tertiary/aromatic N) is 1. The Labute approximate surface area is 142 Å². The van der Waals surface area contributed by atoms with Crippen LogP contribution in [0.3, 0.4) is 0 Å². The van der Waals surface area contributed by atoms with E-state index in [0.717, 1.165) is 36.0 Å². The van der Waals surface area contributed by atoms with Crippen LogP contribution in [0, 0.1) is 12.8 Å². The summed E-state index contributed by atoms with van der Waals surface area (Å²) in [5, 5.41) is 22.1. The van der Waals surface area contributed by atoms with Crippen molar-refractivity contribution in [3.8, 4) is 5.75 Å². The van der Waals surface area contributed by atoms with Crippen LogP contribution >= 0.6 is 0 Å². The molecule has 2 aromatic rings. The fourth-order valence-electron chi connectivity index (χ4n) is 4.01. The van der Waals surface area contributed by atoms with Crippen molar-refractivity contribution in [3.05, 3.63) is 41.5 Å². The summed E-state index contributed by atoms with van der Waals surface area (Å²) in [6, 6.07) is 10.2. The lowest BCUT2D eigenvalue weighted by atomic mass is 9.90. The molecule has 4 nitrogen and oxygen atoms in total. The molecule has 0 spiro atoms. The molecule has 1 aliphatic heterocycles. The number of benzene rings is 2. The second-order valence-corrected chi connectivity index (χ2v) is 6.74. The number of aliphatic carboxylic acids is 1. The topological polar surface area (TPSA) is 60.8 Å². The van der Waals surface area contributed by atoms with Crippen molar-refractivity contribution < 1.29 is 15.0 Å². The van der Waals surface area contributed by atoms with E-state index in [1.165, 1.54) is 5.39 Å². The third-order valence-corrected chi connectivity index (χ3v) is 5.31. The number of likely N-dealkylation sites (tertiary alicyclic amines) is 1. The highest BCUT2D eigenvalue weighted by molar-refractivity contribution is 5.91. The van der Waals surface area contributed by atoms with Gasteiger partial charge in [-0.3, -0.25) is 9.69 Å². The van der Waals surface area contributed by atoms with Gasteiger partial charge in [-0.15, -0.1) is 0 Å². The van der Waals surface area contributed by atoms with Crippen LogP contribution < -0.4 is 0 Å². The van der Waals surface area contributed by atoms with Crippen LogP contribution in [0.4, 0.5) is 0 Å². The lowest BCUT2D eigenvalue weighted by Crippen LogP contribution is -2.38. The minimum absolute atomic E-state index is 0.116. The lowest BCUT2D eigenvalue weighted by molar-refractivity contribution is -0.143. The van der Waals surface area contributed by atoms with Crippen LogP contribution in [0.2, 0.25) is 0 Å². The van der Waals surface area contributed by atoms with E-state index in [-0.39, 0.29) is 12.0 Å². The molecular formula is C20H25NO3. The standard InChI is InChI=1S/C20H25NO3/c1-3-17(21-10-8-14(9-11-21)20(23)24)19-16-7-5-4-6-15(16)13(2)12-18(19)22/h4-7,12,14,17,22H,3,8-11H2,1-2H3,(H,23,24). The van der Waals surface area contributed by atoms with Crippen LogP contribution in [0.1, 0.15) is 43.4 Å². The van der Waals surface area contributed by atoms with Gasteiger partial charge in [0, 0.05) is 11.6 Å². The Morgan fingerprint density at radius 3 is 2.46 bits per heavy atom. The van der Waals surface area contributed by atoms with Gasteiger partial charge in [0.1, 0.15) is 5.75 Å². The first-order valence-corrected chi connectivity index (χ1v) is 8.71. The van der Waals surface area contributed by atoms with Crippen molar-refractivity contribution in [2.45, 2.75) is 39.2 Å². The second kappa shape index (κ2) is 6.81. The largest absolute Gasteiger partial charge is 0.508 e. The van der Waals surface area contributed by atoms with Gasteiger partial charge in [-0.05, 0) is 61.7 Å². The molecule has 3 rings (SSSR count). The zero-order valence-electron chi connectivity index (χ0n) is 14.3. The number of carbonyl (C=O) groups is 1. The molecule has 0 radical (unpaired) electrons. The number of phenolic OH excluding ortho intramolecular Hbond substituents is 1. The van der Waals surface area contributed by atoms with Gasteiger partial charge in [0.15, 0.2) is 0 Å². The third-order valence-electron chi connectivity index (χ3n) is 5.31. The summed E-state index contributed by atoms with van der Waals surface area (Å²) in [4.78, 5) is 13.5. The van der Waals surface area contributed by atoms with Crippen molar-refractivity contribution in [2.75, 3.05) is 13.1 Å². The maximum absolute atomic E-state index is 11.2. The molecule has 0 bridgehead atoms. The molecule has 0 aliphatic carbocycles. The van der Waals surface area contributed by atoms with Crippen LogP contribution in [-0.2, 0) is 4.79 Å². The Morgan fingerprint density at radius 1 is 1.25 bits per heavy atom. The predicted octanol–water partition coefficient (Wildman–Crippen LogP) is 4.10. The second-order valence-electron chi connectivity index (χ2n) is 6.74. The summed E-state index contributed by atoms with van der Waals surface area (Å²) in [6.45, 7) is 5.67. The third kappa shape index (κ3) is 2.98. The highest BCUT2D eigenvalue weighted by atomic mass is 16.4. The molecular weight excluding hydrogens is 302 g/mol. The smallest absolute Gasteiger partial charge is 0.306 e. The Kier molecular flexibility index (Phi) is 4.76. The summed E-state index contributed by atoms with van der Waals surface area (Å²) in [7, 11) is 0. The van der Waals surface area contributed by atoms with E-state index >= 15 is 0 Å². The minimum Gasteiger partial charge on any atom is -0.508 e. The van der Waals surface area contributed by atoms with E-state index < -0.39 is 5.97 Å². The van der Waals surface area contributed by atoms with Gasteiger partial charge in [0.05, 0.1) is 5.92 Å². The van der Waals surface area contributed by atoms with E-state index in [1.54, 1.807) is 0 Å². The monoisotopic (exact) mass is 327 g/mol. The summed E-state index contributed by atoms with van der Waals surface area (Å²) in [5.41, 5.74) is 2.05. The lowest BCUT2D eigenvalue weighted by Gasteiger charge is -2.37. The molecule has 2 N–H and O–H groups in total. The van der Waals surface area contributed by atoms with Crippen molar-refractivity contribution in [1.82, 2.24) is 4.90 Å². The van der Waals surface area contributed by atoms with Gasteiger partial charge in [0.25, 0.3) is 0 Å². The van der Waals surface area contributed by atoms with E-state index in [0.29, 0.717) is 18.6 Å². The number of fused-ring (bicyclic) bond motifs is 1. The maximum Gasteiger partial charge on any atom is 0.306 e. The summed E-state index contributed by atoms with van der Waals surface area (Å²) in [6.07, 6.45) is 2.24.